The number of pyridine rings is 1. The number of benzene rings is 1. The normalized spacial score (nSPS) is 15.5. The van der Waals surface area contributed by atoms with Gasteiger partial charge in [-0.15, -0.1) is 0 Å². The summed E-state index contributed by atoms with van der Waals surface area (Å²) in [5.74, 6) is -0.189. The summed E-state index contributed by atoms with van der Waals surface area (Å²) in [6, 6.07) is 8.43. The van der Waals surface area contributed by atoms with Crippen LogP contribution in [0.4, 0.5) is 11.5 Å². The predicted octanol–water partition coefficient (Wildman–Crippen LogP) is 1.94. The highest BCUT2D eigenvalue weighted by Gasteiger charge is 2.28. The maximum absolute atomic E-state index is 11.9. The molecule has 0 saturated heterocycles. The summed E-state index contributed by atoms with van der Waals surface area (Å²) in [6.45, 7) is -0.0382. The molecule has 0 unspecified atom stereocenters. The van der Waals surface area contributed by atoms with Gasteiger partial charge in [0, 0.05) is 24.8 Å². The van der Waals surface area contributed by atoms with Crippen LogP contribution >= 0.6 is 0 Å². The molecule has 0 spiro atoms. The van der Waals surface area contributed by atoms with Crippen LogP contribution in [0.1, 0.15) is 16.8 Å². The molecule has 0 saturated carbocycles. The van der Waals surface area contributed by atoms with Gasteiger partial charge in [-0.1, -0.05) is 0 Å². The minimum atomic E-state index is -0.790. The second-order valence-corrected chi connectivity index (χ2v) is 5.17. The van der Waals surface area contributed by atoms with Crippen LogP contribution in [0.25, 0.3) is 0 Å². The molecule has 9 nitrogen and oxygen atoms in total. The first-order valence-corrected chi connectivity index (χ1v) is 7.39. The van der Waals surface area contributed by atoms with E-state index in [0.717, 1.165) is 0 Å². The van der Waals surface area contributed by atoms with E-state index in [1.54, 1.807) is 12.1 Å². The SMILES string of the molecule is O=C(OCC[C@@H]1Oc2cccnc2NC1=O)c1ccc([N+](=O)[O-])cc1. The number of hydrogen-bond acceptors (Lipinski definition) is 7. The van der Waals surface area contributed by atoms with Gasteiger partial charge in [-0.25, -0.2) is 9.78 Å². The largest absolute Gasteiger partial charge is 0.477 e. The molecule has 0 radical (unpaired) electrons. The van der Waals surface area contributed by atoms with Crippen molar-refractivity contribution in [2.75, 3.05) is 11.9 Å². The number of ether oxygens (including phenoxy) is 2. The molecule has 0 fully saturated rings. The number of nitro groups is 1. The van der Waals surface area contributed by atoms with Gasteiger partial charge in [0.25, 0.3) is 11.6 Å². The van der Waals surface area contributed by atoms with Crippen LogP contribution in [0.2, 0.25) is 0 Å². The topological polar surface area (TPSA) is 121 Å². The molecule has 0 bridgehead atoms. The molecule has 1 aliphatic rings. The number of non-ortho nitro benzene ring substituents is 1. The van der Waals surface area contributed by atoms with Gasteiger partial charge in [0.2, 0.25) is 0 Å². The molecule has 1 N–H and O–H groups in total. The first-order chi connectivity index (χ1) is 12.0. The second-order valence-electron chi connectivity index (χ2n) is 5.17. The monoisotopic (exact) mass is 343 g/mol. The highest BCUT2D eigenvalue weighted by molar-refractivity contribution is 5.96. The quantitative estimate of drug-likeness (QED) is 0.500. The van der Waals surface area contributed by atoms with Crippen LogP contribution in [0.15, 0.2) is 42.6 Å². The van der Waals surface area contributed by atoms with Crippen molar-refractivity contribution in [1.82, 2.24) is 4.98 Å². The third-order valence-corrected chi connectivity index (χ3v) is 3.50. The zero-order chi connectivity index (χ0) is 17.8. The standard InChI is InChI=1S/C16H13N3O6/c20-15-13(25-12-2-1-8-17-14(12)18-15)7-9-24-16(21)10-3-5-11(6-4-10)19(22)23/h1-6,8,13H,7,9H2,(H,17,18,20)/t13-/m0/s1. The lowest BCUT2D eigenvalue weighted by Gasteiger charge is -2.24. The van der Waals surface area contributed by atoms with Crippen LogP contribution in [0, 0.1) is 10.1 Å². The Kier molecular flexibility index (Phi) is 4.55. The fourth-order valence-corrected chi connectivity index (χ4v) is 2.23. The van der Waals surface area contributed by atoms with Crippen molar-refractivity contribution in [2.45, 2.75) is 12.5 Å². The van der Waals surface area contributed by atoms with Crippen molar-refractivity contribution >= 4 is 23.4 Å². The van der Waals surface area contributed by atoms with E-state index in [9.17, 15) is 19.7 Å². The van der Waals surface area contributed by atoms with Crippen LogP contribution in [0.5, 0.6) is 5.75 Å². The Balaban J connectivity index is 1.53. The summed E-state index contributed by atoms with van der Waals surface area (Å²) in [5.41, 5.74) is 0.0743. The number of nitrogens with zero attached hydrogens (tertiary/aromatic N) is 2. The van der Waals surface area contributed by atoms with Crippen molar-refractivity contribution in [3.8, 4) is 5.75 Å². The van der Waals surface area contributed by atoms with E-state index in [0.29, 0.717) is 11.6 Å². The molecule has 2 aromatic rings. The number of esters is 1. The van der Waals surface area contributed by atoms with Gasteiger partial charge in [0.05, 0.1) is 17.1 Å². The van der Waals surface area contributed by atoms with E-state index in [4.69, 9.17) is 9.47 Å². The molecule has 1 amide bonds. The predicted molar refractivity (Wildman–Crippen MR) is 85.3 cm³/mol. The molecule has 1 aliphatic heterocycles. The maximum Gasteiger partial charge on any atom is 0.338 e. The molecule has 3 rings (SSSR count). The van der Waals surface area contributed by atoms with Crippen LogP contribution in [0.3, 0.4) is 0 Å². The number of rotatable bonds is 5. The van der Waals surface area contributed by atoms with Gasteiger partial charge in [-0.05, 0) is 24.3 Å². The molecule has 1 aromatic heterocycles. The van der Waals surface area contributed by atoms with Gasteiger partial charge >= 0.3 is 5.97 Å². The fraction of sp³-hybridized carbons (Fsp3) is 0.188. The number of amides is 1. The second kappa shape index (κ2) is 6.95. The Morgan fingerprint density at radius 3 is 2.80 bits per heavy atom. The summed E-state index contributed by atoms with van der Waals surface area (Å²) in [6.07, 6.45) is 0.912. The third kappa shape index (κ3) is 3.71. The molecule has 1 atom stereocenters. The van der Waals surface area contributed by atoms with E-state index in [1.807, 2.05) is 0 Å². The zero-order valence-corrected chi connectivity index (χ0v) is 12.9. The minimum absolute atomic E-state index is 0.0382. The van der Waals surface area contributed by atoms with Gasteiger partial charge in [-0.2, -0.15) is 0 Å². The van der Waals surface area contributed by atoms with Crippen LogP contribution in [-0.2, 0) is 9.53 Å². The first kappa shape index (κ1) is 16.4. The number of nitrogens with one attached hydrogen (secondary N) is 1. The van der Waals surface area contributed by atoms with Crippen molar-refractivity contribution in [3.05, 3.63) is 58.3 Å². The van der Waals surface area contributed by atoms with Gasteiger partial charge in [0.15, 0.2) is 17.7 Å². The lowest BCUT2D eigenvalue weighted by Crippen LogP contribution is -2.38. The Morgan fingerprint density at radius 1 is 1.32 bits per heavy atom. The van der Waals surface area contributed by atoms with E-state index in [1.165, 1.54) is 30.5 Å². The smallest absolute Gasteiger partial charge is 0.338 e. The van der Waals surface area contributed by atoms with E-state index in [2.05, 4.69) is 10.3 Å². The zero-order valence-electron chi connectivity index (χ0n) is 12.9. The summed E-state index contributed by atoms with van der Waals surface area (Å²) >= 11 is 0. The average molecular weight is 343 g/mol. The fourth-order valence-electron chi connectivity index (χ4n) is 2.23. The lowest BCUT2D eigenvalue weighted by atomic mass is 10.2. The molecule has 9 heteroatoms. The van der Waals surface area contributed by atoms with Gasteiger partial charge in [-0.3, -0.25) is 14.9 Å². The third-order valence-electron chi connectivity index (χ3n) is 3.50. The summed E-state index contributed by atoms with van der Waals surface area (Å²) in [4.78, 5) is 37.8. The number of fused-ring (bicyclic) bond motifs is 1. The number of nitro benzene ring substituents is 1. The number of carbonyl (C=O) groups is 2. The molecular formula is C16H13N3O6. The highest BCUT2D eigenvalue weighted by Crippen LogP contribution is 2.27. The number of aromatic nitrogens is 1. The molecule has 2 heterocycles. The number of anilines is 1. The average Bonchev–Trinajstić information content (AvgIpc) is 2.62. The first-order valence-electron chi connectivity index (χ1n) is 7.39. The van der Waals surface area contributed by atoms with Crippen LogP contribution in [-0.4, -0.2) is 34.5 Å². The van der Waals surface area contributed by atoms with E-state index in [-0.39, 0.29) is 30.2 Å². The maximum atomic E-state index is 11.9. The Bertz CT molecular complexity index is 821. The summed E-state index contributed by atoms with van der Waals surface area (Å²) in [7, 11) is 0. The molecular weight excluding hydrogens is 330 g/mol. The summed E-state index contributed by atoms with van der Waals surface area (Å²) in [5, 5.41) is 13.2. The van der Waals surface area contributed by atoms with Gasteiger partial charge in [0.1, 0.15) is 0 Å². The highest BCUT2D eigenvalue weighted by atomic mass is 16.6. The lowest BCUT2D eigenvalue weighted by molar-refractivity contribution is -0.384. The number of carbonyl (C=O) groups excluding carboxylic acids is 2. The Labute approximate surface area is 141 Å². The Hall–Kier alpha value is -3.49. The van der Waals surface area contributed by atoms with Crippen molar-refractivity contribution in [1.29, 1.82) is 0 Å². The van der Waals surface area contributed by atoms with Crippen molar-refractivity contribution < 1.29 is 24.0 Å². The van der Waals surface area contributed by atoms with Crippen molar-refractivity contribution in [2.24, 2.45) is 0 Å². The molecule has 0 aliphatic carbocycles. The number of hydrogen-bond donors (Lipinski definition) is 1. The van der Waals surface area contributed by atoms with Gasteiger partial charge < -0.3 is 14.8 Å². The summed E-state index contributed by atoms with van der Waals surface area (Å²) < 4.78 is 10.6. The molecule has 25 heavy (non-hydrogen) atoms. The molecule has 1 aromatic carbocycles. The molecule has 128 valence electrons. The van der Waals surface area contributed by atoms with Crippen LogP contribution < -0.4 is 10.1 Å². The minimum Gasteiger partial charge on any atom is -0.477 e. The Morgan fingerprint density at radius 2 is 2.08 bits per heavy atom. The van der Waals surface area contributed by atoms with E-state index < -0.39 is 17.0 Å². The van der Waals surface area contributed by atoms with Crippen molar-refractivity contribution in [3.63, 3.8) is 0 Å². The van der Waals surface area contributed by atoms with E-state index >= 15 is 0 Å².